The summed E-state index contributed by atoms with van der Waals surface area (Å²) in [5, 5.41) is 0. The Morgan fingerprint density at radius 2 is 1.86 bits per heavy atom. The third-order valence-corrected chi connectivity index (χ3v) is 7.60. The number of halogens is 1. The number of cyclic esters (lactones) is 1. The Morgan fingerprint density at radius 3 is 2.46 bits per heavy atom. The minimum absolute atomic E-state index is 0.0250. The lowest BCUT2D eigenvalue weighted by Gasteiger charge is -2.24. The van der Waals surface area contributed by atoms with Crippen LogP contribution in [0.1, 0.15) is 51.5 Å². The molecule has 12 heteroatoms. The Labute approximate surface area is 204 Å². The largest absolute Gasteiger partial charge is 0.428 e. The lowest BCUT2D eigenvalue weighted by atomic mass is 9.93. The summed E-state index contributed by atoms with van der Waals surface area (Å²) in [5.41, 5.74) is 0.392. The highest BCUT2D eigenvalue weighted by atomic mass is 32.2. The zero-order valence-electron chi connectivity index (χ0n) is 20.3. The number of amides is 2. The molecule has 2 aliphatic rings. The van der Waals surface area contributed by atoms with E-state index in [0.29, 0.717) is 18.4 Å². The second kappa shape index (κ2) is 10.4. The summed E-state index contributed by atoms with van der Waals surface area (Å²) in [6.07, 6.45) is -1.75. The molecule has 2 saturated heterocycles. The predicted octanol–water partition coefficient (Wildman–Crippen LogP) is 3.41. The van der Waals surface area contributed by atoms with Crippen molar-refractivity contribution in [3.8, 4) is 0 Å². The van der Waals surface area contributed by atoms with Crippen LogP contribution in [0, 0.1) is 11.2 Å². The van der Waals surface area contributed by atoms with E-state index < -0.39 is 46.8 Å². The molecule has 2 fully saturated rings. The van der Waals surface area contributed by atoms with E-state index in [0.717, 1.165) is 4.90 Å². The number of hydrogen-bond donors (Lipinski definition) is 0. The van der Waals surface area contributed by atoms with Gasteiger partial charge in [0.05, 0.1) is 30.2 Å². The van der Waals surface area contributed by atoms with Crippen LogP contribution in [0.4, 0.5) is 19.7 Å². The molecule has 0 radical (unpaired) electrons. The zero-order valence-corrected chi connectivity index (χ0v) is 21.1. The summed E-state index contributed by atoms with van der Waals surface area (Å²) < 4.78 is 53.2. The summed E-state index contributed by atoms with van der Waals surface area (Å²) in [4.78, 5) is 38.6. The van der Waals surface area contributed by atoms with Gasteiger partial charge in [-0.3, -0.25) is 14.6 Å². The lowest BCUT2D eigenvalue weighted by molar-refractivity contribution is -0.154. The van der Waals surface area contributed by atoms with Gasteiger partial charge in [-0.2, -0.15) is 0 Å². The number of esters is 1. The lowest BCUT2D eigenvalue weighted by Crippen LogP contribution is -2.40. The van der Waals surface area contributed by atoms with E-state index in [9.17, 15) is 27.2 Å². The van der Waals surface area contributed by atoms with Crippen molar-refractivity contribution in [1.29, 1.82) is 0 Å². The summed E-state index contributed by atoms with van der Waals surface area (Å²) in [6.45, 7) is 4.98. The minimum Gasteiger partial charge on any atom is -0.428 e. The molecule has 2 heterocycles. The van der Waals surface area contributed by atoms with E-state index in [2.05, 4.69) is 0 Å². The van der Waals surface area contributed by atoms with Gasteiger partial charge in [-0.05, 0) is 41.9 Å². The first kappa shape index (κ1) is 26.7. The number of nitrogens with zero attached hydrogens (tertiary/aromatic N) is 2. The van der Waals surface area contributed by atoms with E-state index in [4.69, 9.17) is 14.2 Å². The average molecular weight is 515 g/mol. The second-order valence-electron chi connectivity index (χ2n) is 9.97. The molecule has 2 amide bonds. The van der Waals surface area contributed by atoms with Crippen LogP contribution in [-0.2, 0) is 28.8 Å². The summed E-state index contributed by atoms with van der Waals surface area (Å²) in [5.74, 6) is -1.20. The van der Waals surface area contributed by atoms with E-state index in [-0.39, 0.29) is 41.5 Å². The number of ether oxygens (including phenoxy) is 3. The zero-order chi connectivity index (χ0) is 26.0. The molecule has 1 aromatic carbocycles. The summed E-state index contributed by atoms with van der Waals surface area (Å²) in [7, 11) is -1.70. The SMILES string of the molecule is CN(C(=O)OCOC(=O)CC(C)(C)C)[C@@H]1CN(c2ccc(C3CCS(=O)(=O)CC3)c(F)c2)C(=O)O1. The van der Waals surface area contributed by atoms with Crippen LogP contribution < -0.4 is 4.90 Å². The van der Waals surface area contributed by atoms with E-state index >= 15 is 0 Å². The molecule has 0 aromatic heterocycles. The normalized spacial score (nSPS) is 20.3. The van der Waals surface area contributed by atoms with Gasteiger partial charge in [-0.1, -0.05) is 26.8 Å². The monoisotopic (exact) mass is 514 g/mol. The van der Waals surface area contributed by atoms with Gasteiger partial charge in [0.25, 0.3) is 0 Å². The van der Waals surface area contributed by atoms with Gasteiger partial charge in [0.1, 0.15) is 15.7 Å². The number of rotatable bonds is 6. The molecule has 0 unspecified atom stereocenters. The number of carbonyl (C=O) groups is 3. The van der Waals surface area contributed by atoms with E-state index in [1.807, 2.05) is 20.8 Å². The first-order chi connectivity index (χ1) is 16.3. The molecule has 1 aromatic rings. The highest BCUT2D eigenvalue weighted by Crippen LogP contribution is 2.33. The smallest absolute Gasteiger partial charge is 0.416 e. The maximum absolute atomic E-state index is 14.8. The Morgan fingerprint density at radius 1 is 1.20 bits per heavy atom. The van der Waals surface area contributed by atoms with Crippen molar-refractivity contribution in [2.24, 2.45) is 5.41 Å². The van der Waals surface area contributed by atoms with Crippen molar-refractivity contribution in [3.63, 3.8) is 0 Å². The quantitative estimate of drug-likeness (QED) is 0.419. The fourth-order valence-electron chi connectivity index (χ4n) is 3.93. The topological polar surface area (TPSA) is 120 Å². The number of likely N-dealkylation sites (N-methyl/N-ethyl adjacent to an activating group) is 1. The minimum atomic E-state index is -3.06. The van der Waals surface area contributed by atoms with Crippen molar-refractivity contribution >= 4 is 33.7 Å². The maximum Gasteiger partial charge on any atom is 0.416 e. The first-order valence-corrected chi connectivity index (χ1v) is 13.1. The van der Waals surface area contributed by atoms with Crippen LogP contribution in [-0.4, -0.2) is 69.6 Å². The Hall–Kier alpha value is -2.89. The molecular formula is C23H31FN2O8S. The average Bonchev–Trinajstić information content (AvgIpc) is 3.13. The fraction of sp³-hybridized carbons (Fsp3) is 0.609. The van der Waals surface area contributed by atoms with Crippen LogP contribution in [0.15, 0.2) is 18.2 Å². The molecule has 194 valence electrons. The summed E-state index contributed by atoms with van der Waals surface area (Å²) >= 11 is 0. The maximum atomic E-state index is 14.8. The number of benzene rings is 1. The van der Waals surface area contributed by atoms with Crippen molar-refractivity contribution in [3.05, 3.63) is 29.6 Å². The van der Waals surface area contributed by atoms with Gasteiger partial charge >= 0.3 is 18.2 Å². The molecule has 2 aliphatic heterocycles. The third-order valence-electron chi connectivity index (χ3n) is 5.88. The number of sulfone groups is 1. The highest BCUT2D eigenvalue weighted by Gasteiger charge is 2.38. The molecule has 35 heavy (non-hydrogen) atoms. The predicted molar refractivity (Wildman–Crippen MR) is 124 cm³/mol. The van der Waals surface area contributed by atoms with E-state index in [1.165, 1.54) is 18.0 Å². The summed E-state index contributed by atoms with van der Waals surface area (Å²) in [6, 6.07) is 4.32. The molecular weight excluding hydrogens is 483 g/mol. The van der Waals surface area contributed by atoms with Gasteiger partial charge in [0, 0.05) is 7.05 Å². The molecule has 0 aliphatic carbocycles. The molecule has 0 spiro atoms. The number of anilines is 1. The molecule has 0 N–H and O–H groups in total. The van der Waals surface area contributed by atoms with Crippen LogP contribution in [0.25, 0.3) is 0 Å². The van der Waals surface area contributed by atoms with Crippen LogP contribution in [0.5, 0.6) is 0 Å². The first-order valence-electron chi connectivity index (χ1n) is 11.3. The molecule has 0 saturated carbocycles. The molecule has 0 bridgehead atoms. The van der Waals surface area contributed by atoms with Gasteiger partial charge in [-0.25, -0.2) is 22.4 Å². The number of hydrogen-bond acceptors (Lipinski definition) is 8. The van der Waals surface area contributed by atoms with Crippen molar-refractivity contribution < 1.29 is 41.4 Å². The van der Waals surface area contributed by atoms with Crippen molar-refractivity contribution in [2.75, 3.05) is 36.8 Å². The second-order valence-corrected chi connectivity index (χ2v) is 12.3. The standard InChI is InChI=1S/C23H31FN2O8S/c1-23(2,3)12-20(27)32-14-33-21(28)25(4)19-13-26(22(29)34-19)16-5-6-17(18(24)11-16)15-7-9-35(30,31)10-8-15/h5-6,11,15,19H,7-10,12-14H2,1-4H3/t19-/m0/s1. The van der Waals surface area contributed by atoms with Crippen molar-refractivity contribution in [1.82, 2.24) is 4.90 Å². The molecule has 1 atom stereocenters. The fourth-order valence-corrected chi connectivity index (χ4v) is 5.42. The van der Waals surface area contributed by atoms with Crippen molar-refractivity contribution in [2.45, 2.75) is 52.2 Å². The van der Waals surface area contributed by atoms with Gasteiger partial charge < -0.3 is 14.2 Å². The third kappa shape index (κ3) is 7.06. The van der Waals surface area contributed by atoms with Crippen LogP contribution in [0.2, 0.25) is 0 Å². The Balaban J connectivity index is 1.56. The Kier molecular flexibility index (Phi) is 7.93. The van der Waals surface area contributed by atoms with Gasteiger partial charge in [0.15, 0.2) is 6.23 Å². The van der Waals surface area contributed by atoms with Crippen LogP contribution >= 0.6 is 0 Å². The van der Waals surface area contributed by atoms with Crippen LogP contribution in [0.3, 0.4) is 0 Å². The van der Waals surface area contributed by atoms with Gasteiger partial charge in [0.2, 0.25) is 6.79 Å². The Bertz CT molecular complexity index is 1070. The van der Waals surface area contributed by atoms with Gasteiger partial charge in [-0.15, -0.1) is 0 Å². The molecule has 10 nitrogen and oxygen atoms in total. The number of carbonyl (C=O) groups excluding carboxylic acids is 3. The van der Waals surface area contributed by atoms with E-state index in [1.54, 1.807) is 12.1 Å². The highest BCUT2D eigenvalue weighted by molar-refractivity contribution is 7.91. The molecule has 3 rings (SSSR count).